The lowest BCUT2D eigenvalue weighted by Crippen LogP contribution is -2.31. The summed E-state index contributed by atoms with van der Waals surface area (Å²) in [6.45, 7) is 0.713. The maximum absolute atomic E-state index is 11.6. The number of carbonyl (C=O) groups excluding carboxylic acids is 1. The number of hydrogen-bond donors (Lipinski definition) is 3. The van der Waals surface area contributed by atoms with Crippen molar-refractivity contribution in [1.82, 2.24) is 10.3 Å². The fourth-order valence-corrected chi connectivity index (χ4v) is 2.24. The van der Waals surface area contributed by atoms with Crippen LogP contribution in [0.2, 0.25) is 0 Å². The van der Waals surface area contributed by atoms with E-state index in [2.05, 4.69) is 10.3 Å². The molecule has 0 unspecified atom stereocenters. The summed E-state index contributed by atoms with van der Waals surface area (Å²) in [6.07, 6.45) is 0.843. The highest BCUT2D eigenvalue weighted by Gasteiger charge is 2.21. The van der Waals surface area contributed by atoms with Crippen molar-refractivity contribution in [2.24, 2.45) is 0 Å². The van der Waals surface area contributed by atoms with Gasteiger partial charge in [0, 0.05) is 17.4 Å². The third-order valence-corrected chi connectivity index (χ3v) is 3.04. The van der Waals surface area contributed by atoms with Crippen LogP contribution in [0, 0.1) is 0 Å². The Bertz CT molecular complexity index is 572. The summed E-state index contributed by atoms with van der Waals surface area (Å²) in [5.74, 6) is -0.0389. The fourth-order valence-electron chi connectivity index (χ4n) is 2.24. The van der Waals surface area contributed by atoms with Gasteiger partial charge in [-0.1, -0.05) is 6.07 Å². The van der Waals surface area contributed by atoms with Crippen molar-refractivity contribution in [2.45, 2.75) is 13.0 Å². The molecular weight excluding hydrogens is 204 g/mol. The lowest BCUT2D eigenvalue weighted by Gasteiger charge is -2.11. The van der Waals surface area contributed by atoms with Gasteiger partial charge in [-0.3, -0.25) is 4.79 Å². The van der Waals surface area contributed by atoms with Crippen LogP contribution >= 0.6 is 0 Å². The van der Waals surface area contributed by atoms with Crippen molar-refractivity contribution < 1.29 is 9.90 Å². The molecule has 0 bridgehead atoms. The van der Waals surface area contributed by atoms with E-state index in [4.69, 9.17) is 5.11 Å². The first-order valence-corrected chi connectivity index (χ1v) is 5.32. The molecule has 3 rings (SSSR count). The number of nitrogens with one attached hydrogen (secondary N) is 2. The van der Waals surface area contributed by atoms with Gasteiger partial charge in [-0.05, 0) is 29.7 Å². The molecule has 2 aromatic rings. The first kappa shape index (κ1) is 9.42. The van der Waals surface area contributed by atoms with E-state index in [1.807, 2.05) is 18.2 Å². The SMILES string of the molecule is O=C1NCCc2c1[nH]c1ccc(CO)cc21. The number of H-pyrrole nitrogens is 1. The van der Waals surface area contributed by atoms with Crippen LogP contribution in [0.15, 0.2) is 18.2 Å². The molecular formula is C12H12N2O2. The van der Waals surface area contributed by atoms with Crippen molar-refractivity contribution in [3.05, 3.63) is 35.0 Å². The van der Waals surface area contributed by atoms with Gasteiger partial charge in [0.15, 0.2) is 0 Å². The minimum Gasteiger partial charge on any atom is -0.392 e. The normalized spacial score (nSPS) is 14.9. The highest BCUT2D eigenvalue weighted by Crippen LogP contribution is 2.25. The van der Waals surface area contributed by atoms with Crippen LogP contribution < -0.4 is 5.32 Å². The minimum atomic E-state index is -0.0389. The Morgan fingerprint density at radius 3 is 3.06 bits per heavy atom. The number of aliphatic hydroxyl groups is 1. The summed E-state index contributed by atoms with van der Waals surface area (Å²) < 4.78 is 0. The van der Waals surface area contributed by atoms with E-state index in [0.29, 0.717) is 12.2 Å². The summed E-state index contributed by atoms with van der Waals surface area (Å²) in [5.41, 5.74) is 3.56. The van der Waals surface area contributed by atoms with Gasteiger partial charge in [0.25, 0.3) is 5.91 Å². The highest BCUT2D eigenvalue weighted by molar-refractivity contribution is 6.02. The number of hydrogen-bond acceptors (Lipinski definition) is 2. The van der Waals surface area contributed by atoms with Gasteiger partial charge in [-0.25, -0.2) is 0 Å². The van der Waals surface area contributed by atoms with Crippen LogP contribution in [0.5, 0.6) is 0 Å². The van der Waals surface area contributed by atoms with Gasteiger partial charge >= 0.3 is 0 Å². The maximum atomic E-state index is 11.6. The predicted molar refractivity (Wildman–Crippen MR) is 60.3 cm³/mol. The van der Waals surface area contributed by atoms with E-state index >= 15 is 0 Å². The smallest absolute Gasteiger partial charge is 0.268 e. The number of aromatic nitrogens is 1. The monoisotopic (exact) mass is 216 g/mol. The summed E-state index contributed by atoms with van der Waals surface area (Å²) in [5, 5.41) is 13.0. The van der Waals surface area contributed by atoms with E-state index in [1.54, 1.807) is 0 Å². The second kappa shape index (κ2) is 3.35. The van der Waals surface area contributed by atoms with E-state index < -0.39 is 0 Å². The predicted octanol–water partition coefficient (Wildman–Crippen LogP) is 0.946. The molecule has 0 fully saturated rings. The Morgan fingerprint density at radius 1 is 1.38 bits per heavy atom. The van der Waals surface area contributed by atoms with Crippen molar-refractivity contribution in [1.29, 1.82) is 0 Å². The topological polar surface area (TPSA) is 65.1 Å². The third kappa shape index (κ3) is 1.23. The molecule has 1 aliphatic rings. The molecule has 1 aromatic heterocycles. The Kier molecular flexibility index (Phi) is 1.97. The van der Waals surface area contributed by atoms with Gasteiger partial charge in [-0.15, -0.1) is 0 Å². The number of fused-ring (bicyclic) bond motifs is 3. The summed E-state index contributed by atoms with van der Waals surface area (Å²) in [4.78, 5) is 14.7. The number of aromatic amines is 1. The molecule has 82 valence electrons. The number of benzene rings is 1. The highest BCUT2D eigenvalue weighted by atomic mass is 16.3. The van der Waals surface area contributed by atoms with E-state index in [1.165, 1.54) is 0 Å². The zero-order valence-corrected chi connectivity index (χ0v) is 8.71. The van der Waals surface area contributed by atoms with Crippen molar-refractivity contribution >= 4 is 16.8 Å². The van der Waals surface area contributed by atoms with Gasteiger partial charge in [-0.2, -0.15) is 0 Å². The molecule has 0 spiro atoms. The van der Waals surface area contributed by atoms with Crippen molar-refractivity contribution in [2.75, 3.05) is 6.54 Å². The molecule has 2 heterocycles. The minimum absolute atomic E-state index is 0.0299. The van der Waals surface area contributed by atoms with Gasteiger partial charge < -0.3 is 15.4 Å². The lowest BCUT2D eigenvalue weighted by molar-refractivity contribution is 0.0942. The van der Waals surface area contributed by atoms with Gasteiger partial charge in [0.1, 0.15) is 5.69 Å². The molecule has 0 atom stereocenters. The van der Waals surface area contributed by atoms with Crippen LogP contribution in [-0.4, -0.2) is 22.5 Å². The summed E-state index contributed by atoms with van der Waals surface area (Å²) in [7, 11) is 0. The second-order valence-electron chi connectivity index (χ2n) is 4.02. The number of carbonyl (C=O) groups is 1. The Morgan fingerprint density at radius 2 is 2.25 bits per heavy atom. The molecule has 0 saturated heterocycles. The third-order valence-electron chi connectivity index (χ3n) is 3.04. The molecule has 1 aromatic carbocycles. The van der Waals surface area contributed by atoms with Crippen LogP contribution in [-0.2, 0) is 13.0 Å². The molecule has 3 N–H and O–H groups in total. The van der Waals surface area contributed by atoms with Crippen molar-refractivity contribution in [3.63, 3.8) is 0 Å². The molecule has 0 aliphatic carbocycles. The van der Waals surface area contributed by atoms with E-state index in [9.17, 15) is 4.79 Å². The lowest BCUT2D eigenvalue weighted by atomic mass is 10.0. The van der Waals surface area contributed by atoms with E-state index in [-0.39, 0.29) is 12.5 Å². The summed E-state index contributed by atoms with van der Waals surface area (Å²) in [6, 6.07) is 5.72. The number of aliphatic hydroxyl groups excluding tert-OH is 1. The zero-order valence-electron chi connectivity index (χ0n) is 8.71. The zero-order chi connectivity index (χ0) is 11.1. The second-order valence-corrected chi connectivity index (χ2v) is 4.02. The molecule has 0 radical (unpaired) electrons. The Labute approximate surface area is 92.3 Å². The Balaban J connectivity index is 2.29. The van der Waals surface area contributed by atoms with Crippen molar-refractivity contribution in [3.8, 4) is 0 Å². The molecule has 0 saturated carbocycles. The van der Waals surface area contributed by atoms with Gasteiger partial charge in [0.05, 0.1) is 6.61 Å². The van der Waals surface area contributed by atoms with Gasteiger partial charge in [0.2, 0.25) is 0 Å². The standard InChI is InChI=1S/C12H12N2O2/c15-6-7-1-2-10-9(5-7)8-3-4-13-12(16)11(8)14-10/h1-2,5,14-15H,3-4,6H2,(H,13,16). The van der Waals surface area contributed by atoms with Crippen LogP contribution in [0.1, 0.15) is 21.6 Å². The van der Waals surface area contributed by atoms with E-state index in [0.717, 1.165) is 28.5 Å². The molecule has 4 heteroatoms. The summed E-state index contributed by atoms with van der Waals surface area (Å²) >= 11 is 0. The molecule has 1 amide bonds. The maximum Gasteiger partial charge on any atom is 0.268 e. The van der Waals surface area contributed by atoms with Crippen LogP contribution in [0.4, 0.5) is 0 Å². The average Bonchev–Trinajstić information content (AvgIpc) is 2.68. The molecule has 16 heavy (non-hydrogen) atoms. The van der Waals surface area contributed by atoms with Crippen LogP contribution in [0.25, 0.3) is 10.9 Å². The number of amides is 1. The first-order valence-electron chi connectivity index (χ1n) is 5.32. The Hall–Kier alpha value is -1.81. The quantitative estimate of drug-likeness (QED) is 0.664. The first-order chi connectivity index (χ1) is 7.79. The number of rotatable bonds is 1. The fraction of sp³-hybridized carbons (Fsp3) is 0.250. The van der Waals surface area contributed by atoms with Crippen LogP contribution in [0.3, 0.4) is 0 Å². The average molecular weight is 216 g/mol. The molecule has 1 aliphatic heterocycles. The largest absolute Gasteiger partial charge is 0.392 e. The molecule has 4 nitrogen and oxygen atoms in total.